The Kier molecular flexibility index (Phi) is 6.56. The summed E-state index contributed by atoms with van der Waals surface area (Å²) in [5.74, 6) is -0.298. The Morgan fingerprint density at radius 1 is 0.758 bits per heavy atom. The van der Waals surface area contributed by atoms with Gasteiger partial charge in [0.2, 0.25) is 0 Å². The van der Waals surface area contributed by atoms with E-state index in [1.807, 2.05) is 61.5 Å². The van der Waals surface area contributed by atoms with Gasteiger partial charge in [0, 0.05) is 11.3 Å². The highest BCUT2D eigenvalue weighted by Gasteiger charge is 2.20. The Bertz CT molecular complexity index is 1350. The summed E-state index contributed by atoms with van der Waals surface area (Å²) in [6.07, 6.45) is 0. The molecule has 166 valence electrons. The Morgan fingerprint density at radius 2 is 1.39 bits per heavy atom. The maximum absolute atomic E-state index is 13.2. The van der Waals surface area contributed by atoms with Crippen LogP contribution in [0.1, 0.15) is 33.1 Å². The normalized spacial score (nSPS) is 12.0. The smallest absolute Gasteiger partial charge is 0.261 e. The van der Waals surface area contributed by atoms with E-state index in [1.165, 1.54) is 18.2 Å². The minimum Gasteiger partial charge on any atom is -0.341 e. The third-order valence-electron chi connectivity index (χ3n) is 5.34. The van der Waals surface area contributed by atoms with Gasteiger partial charge < -0.3 is 5.32 Å². The molecule has 0 saturated heterocycles. The van der Waals surface area contributed by atoms with Crippen LogP contribution in [0.5, 0.6) is 0 Å². The fourth-order valence-corrected chi connectivity index (χ4v) is 4.72. The molecule has 0 aliphatic carbocycles. The molecule has 0 saturated carbocycles. The second-order valence-corrected chi connectivity index (χ2v) is 9.36. The van der Waals surface area contributed by atoms with Crippen molar-refractivity contribution in [1.82, 2.24) is 5.32 Å². The van der Waals surface area contributed by atoms with Gasteiger partial charge in [0.25, 0.3) is 15.9 Å². The number of nitrogens with one attached hydrogen (secondary N) is 2. The van der Waals surface area contributed by atoms with Gasteiger partial charge in [-0.15, -0.1) is 0 Å². The maximum atomic E-state index is 13.2. The molecule has 2 N–H and O–H groups in total. The monoisotopic (exact) mass is 456 g/mol. The van der Waals surface area contributed by atoms with Gasteiger partial charge in [-0.2, -0.15) is 0 Å². The number of sulfonamides is 1. The van der Waals surface area contributed by atoms with E-state index in [9.17, 15) is 13.2 Å². The van der Waals surface area contributed by atoms with Crippen LogP contribution >= 0.6 is 0 Å². The molecular weight excluding hydrogens is 432 g/mol. The van der Waals surface area contributed by atoms with Crippen LogP contribution in [0.25, 0.3) is 0 Å². The summed E-state index contributed by atoms with van der Waals surface area (Å²) in [5, 5.41) is 3.11. The van der Waals surface area contributed by atoms with E-state index >= 15 is 0 Å². The van der Waals surface area contributed by atoms with Crippen molar-refractivity contribution < 1.29 is 13.2 Å². The standard InChI is InChI=1S/C27H24N2O3S/c1-20-11-8-9-18-25(20)26(21-12-4-2-5-13-21)28-27(30)22-14-10-15-23(19-22)29-33(31,32)24-16-6-3-7-17-24/h2-19,26,29H,1H3,(H,28,30)/t26-/m1/s1. The van der Waals surface area contributed by atoms with Gasteiger partial charge in [-0.25, -0.2) is 8.42 Å². The van der Waals surface area contributed by atoms with Crippen LogP contribution in [0.2, 0.25) is 0 Å². The first kappa shape index (κ1) is 22.3. The second kappa shape index (κ2) is 9.71. The van der Waals surface area contributed by atoms with Crippen molar-refractivity contribution in [2.75, 3.05) is 4.72 Å². The summed E-state index contributed by atoms with van der Waals surface area (Å²) in [6.45, 7) is 2.01. The van der Waals surface area contributed by atoms with Crippen LogP contribution in [0.15, 0.2) is 114 Å². The van der Waals surface area contributed by atoms with Crippen molar-refractivity contribution in [1.29, 1.82) is 0 Å². The molecule has 0 aliphatic rings. The van der Waals surface area contributed by atoms with E-state index < -0.39 is 10.0 Å². The fourth-order valence-electron chi connectivity index (χ4n) is 3.65. The lowest BCUT2D eigenvalue weighted by atomic mass is 9.94. The van der Waals surface area contributed by atoms with Gasteiger partial charge in [-0.05, 0) is 53.9 Å². The van der Waals surface area contributed by atoms with E-state index in [-0.39, 0.29) is 16.8 Å². The van der Waals surface area contributed by atoms with Crippen molar-refractivity contribution in [2.45, 2.75) is 17.9 Å². The highest BCUT2D eigenvalue weighted by Crippen LogP contribution is 2.26. The molecular formula is C27H24N2O3S. The highest BCUT2D eigenvalue weighted by molar-refractivity contribution is 7.92. The molecule has 0 fully saturated rings. The number of benzene rings is 4. The van der Waals surface area contributed by atoms with Gasteiger partial charge in [-0.1, -0.05) is 78.9 Å². The number of carbonyl (C=O) groups excluding carboxylic acids is 1. The lowest BCUT2D eigenvalue weighted by Crippen LogP contribution is -2.30. The first-order valence-corrected chi connectivity index (χ1v) is 12.0. The molecule has 0 aromatic heterocycles. The molecule has 0 aliphatic heterocycles. The molecule has 4 aromatic rings. The molecule has 6 heteroatoms. The van der Waals surface area contributed by atoms with E-state index in [4.69, 9.17) is 0 Å². The molecule has 0 bridgehead atoms. The van der Waals surface area contributed by atoms with Crippen molar-refractivity contribution in [3.8, 4) is 0 Å². The molecule has 1 amide bonds. The molecule has 4 rings (SSSR count). The number of carbonyl (C=O) groups is 1. The molecule has 1 atom stereocenters. The lowest BCUT2D eigenvalue weighted by Gasteiger charge is -2.22. The van der Waals surface area contributed by atoms with E-state index in [0.29, 0.717) is 11.3 Å². The Morgan fingerprint density at radius 3 is 2.09 bits per heavy atom. The van der Waals surface area contributed by atoms with E-state index in [0.717, 1.165) is 16.7 Å². The van der Waals surface area contributed by atoms with Crippen LogP contribution in [0, 0.1) is 6.92 Å². The van der Waals surface area contributed by atoms with Crippen molar-refractivity contribution in [3.63, 3.8) is 0 Å². The number of aryl methyl sites for hydroxylation is 1. The maximum Gasteiger partial charge on any atom is 0.261 e. The van der Waals surface area contributed by atoms with Crippen LogP contribution < -0.4 is 10.0 Å². The van der Waals surface area contributed by atoms with Crippen LogP contribution in [0.4, 0.5) is 5.69 Å². The highest BCUT2D eigenvalue weighted by atomic mass is 32.2. The van der Waals surface area contributed by atoms with Crippen LogP contribution in [0.3, 0.4) is 0 Å². The minimum absolute atomic E-state index is 0.156. The fraction of sp³-hybridized carbons (Fsp3) is 0.0741. The first-order chi connectivity index (χ1) is 15.9. The summed E-state index contributed by atoms with van der Waals surface area (Å²) < 4.78 is 27.9. The van der Waals surface area contributed by atoms with Gasteiger partial charge in [0.1, 0.15) is 0 Å². The van der Waals surface area contributed by atoms with Crippen LogP contribution in [-0.2, 0) is 10.0 Å². The molecule has 0 spiro atoms. The zero-order valence-corrected chi connectivity index (χ0v) is 18.9. The molecule has 0 heterocycles. The summed E-state index contributed by atoms with van der Waals surface area (Å²) in [4.78, 5) is 13.4. The van der Waals surface area contributed by atoms with Crippen LogP contribution in [-0.4, -0.2) is 14.3 Å². The molecule has 0 unspecified atom stereocenters. The lowest BCUT2D eigenvalue weighted by molar-refractivity contribution is 0.0943. The largest absolute Gasteiger partial charge is 0.341 e. The first-order valence-electron chi connectivity index (χ1n) is 10.5. The third-order valence-corrected chi connectivity index (χ3v) is 6.74. The predicted molar refractivity (Wildman–Crippen MR) is 131 cm³/mol. The quantitative estimate of drug-likeness (QED) is 0.395. The summed E-state index contributed by atoms with van der Waals surface area (Å²) in [5.41, 5.74) is 3.70. The minimum atomic E-state index is -3.75. The molecule has 33 heavy (non-hydrogen) atoms. The van der Waals surface area contributed by atoms with E-state index in [2.05, 4.69) is 10.0 Å². The van der Waals surface area contributed by atoms with E-state index in [1.54, 1.807) is 36.4 Å². The number of hydrogen-bond acceptors (Lipinski definition) is 3. The Labute approximate surface area is 194 Å². The topological polar surface area (TPSA) is 75.3 Å². The Balaban J connectivity index is 1.60. The molecule has 4 aromatic carbocycles. The molecule has 5 nitrogen and oxygen atoms in total. The molecule has 0 radical (unpaired) electrons. The number of rotatable bonds is 7. The number of hydrogen-bond donors (Lipinski definition) is 2. The Hall–Kier alpha value is -3.90. The summed E-state index contributed by atoms with van der Waals surface area (Å²) >= 11 is 0. The number of anilines is 1. The number of amides is 1. The van der Waals surface area contributed by atoms with Crippen molar-refractivity contribution in [3.05, 3.63) is 131 Å². The average molecular weight is 457 g/mol. The van der Waals surface area contributed by atoms with Gasteiger partial charge in [0.05, 0.1) is 10.9 Å². The average Bonchev–Trinajstić information content (AvgIpc) is 2.84. The zero-order chi connectivity index (χ0) is 23.3. The predicted octanol–water partition coefficient (Wildman–Crippen LogP) is 5.32. The van der Waals surface area contributed by atoms with Gasteiger partial charge in [-0.3, -0.25) is 9.52 Å². The van der Waals surface area contributed by atoms with Gasteiger partial charge in [0.15, 0.2) is 0 Å². The van der Waals surface area contributed by atoms with Gasteiger partial charge >= 0.3 is 0 Å². The zero-order valence-electron chi connectivity index (χ0n) is 18.1. The van der Waals surface area contributed by atoms with Crippen molar-refractivity contribution in [2.24, 2.45) is 0 Å². The summed E-state index contributed by atoms with van der Waals surface area (Å²) in [7, 11) is -3.75. The second-order valence-electron chi connectivity index (χ2n) is 7.67. The third kappa shape index (κ3) is 5.30. The van der Waals surface area contributed by atoms with Crippen molar-refractivity contribution >= 4 is 21.6 Å². The SMILES string of the molecule is Cc1ccccc1[C@H](NC(=O)c1cccc(NS(=O)(=O)c2ccccc2)c1)c1ccccc1. The summed E-state index contributed by atoms with van der Waals surface area (Å²) in [6, 6.07) is 31.9.